The average Bonchev–Trinajstić information content (AvgIpc) is 3.15. The molecular weight excluding hydrogens is 226 g/mol. The fraction of sp³-hybridized carbons (Fsp3) is 0.636. The third-order valence-electron chi connectivity index (χ3n) is 2.65. The second kappa shape index (κ2) is 5.46. The number of hydrogen-bond acceptors (Lipinski definition) is 4. The Balaban J connectivity index is 2.05. The van der Waals surface area contributed by atoms with Gasteiger partial charge in [-0.25, -0.2) is 4.98 Å². The molecule has 1 fully saturated rings. The highest BCUT2D eigenvalue weighted by Gasteiger charge is 2.29. The third-order valence-corrected chi connectivity index (χ3v) is 2.92. The SMILES string of the molecule is COCCN(c1cnc(CCl)cn1)C1CC1. The minimum Gasteiger partial charge on any atom is -0.383 e. The lowest BCUT2D eigenvalue weighted by Crippen LogP contribution is -2.30. The zero-order chi connectivity index (χ0) is 11.4. The van der Waals surface area contributed by atoms with Crippen molar-refractivity contribution in [3.8, 4) is 0 Å². The number of alkyl halides is 1. The zero-order valence-corrected chi connectivity index (χ0v) is 10.2. The number of ether oxygens (including phenoxy) is 1. The van der Waals surface area contributed by atoms with Crippen molar-refractivity contribution in [1.29, 1.82) is 0 Å². The first kappa shape index (κ1) is 11.6. The van der Waals surface area contributed by atoms with E-state index in [9.17, 15) is 0 Å². The molecule has 0 aromatic carbocycles. The van der Waals surface area contributed by atoms with Crippen molar-refractivity contribution in [1.82, 2.24) is 9.97 Å². The van der Waals surface area contributed by atoms with Crippen LogP contribution in [0.25, 0.3) is 0 Å². The highest BCUT2D eigenvalue weighted by atomic mass is 35.5. The van der Waals surface area contributed by atoms with Gasteiger partial charge < -0.3 is 9.64 Å². The largest absolute Gasteiger partial charge is 0.383 e. The molecule has 1 aromatic heterocycles. The summed E-state index contributed by atoms with van der Waals surface area (Å²) >= 11 is 5.68. The Morgan fingerprint density at radius 3 is 2.75 bits per heavy atom. The molecule has 1 aliphatic rings. The van der Waals surface area contributed by atoms with Gasteiger partial charge in [-0.05, 0) is 12.8 Å². The van der Waals surface area contributed by atoms with Crippen molar-refractivity contribution in [2.75, 3.05) is 25.2 Å². The molecule has 0 amide bonds. The Bertz CT molecular complexity index is 327. The van der Waals surface area contributed by atoms with E-state index in [1.54, 1.807) is 19.5 Å². The van der Waals surface area contributed by atoms with Crippen LogP contribution in [0.3, 0.4) is 0 Å². The van der Waals surface area contributed by atoms with Crippen molar-refractivity contribution < 1.29 is 4.74 Å². The standard InChI is InChI=1S/C11H16ClN3O/c1-16-5-4-15(10-2-3-10)11-8-13-9(6-12)7-14-11/h7-8,10H,2-6H2,1H3. The summed E-state index contributed by atoms with van der Waals surface area (Å²) in [6.07, 6.45) is 6.02. The van der Waals surface area contributed by atoms with Crippen LogP contribution in [0.15, 0.2) is 12.4 Å². The van der Waals surface area contributed by atoms with E-state index in [2.05, 4.69) is 14.9 Å². The molecule has 16 heavy (non-hydrogen) atoms. The first-order valence-corrected chi connectivity index (χ1v) is 6.01. The lowest BCUT2D eigenvalue weighted by Gasteiger charge is -2.22. The molecule has 2 rings (SSSR count). The molecule has 0 atom stereocenters. The highest BCUT2D eigenvalue weighted by Crippen LogP contribution is 2.29. The van der Waals surface area contributed by atoms with Crippen LogP contribution in [0.1, 0.15) is 18.5 Å². The molecular formula is C11H16ClN3O. The molecule has 1 saturated carbocycles. The highest BCUT2D eigenvalue weighted by molar-refractivity contribution is 6.16. The summed E-state index contributed by atoms with van der Waals surface area (Å²) in [7, 11) is 1.72. The Labute approximate surface area is 101 Å². The molecule has 5 heteroatoms. The van der Waals surface area contributed by atoms with Crippen molar-refractivity contribution in [2.24, 2.45) is 0 Å². The van der Waals surface area contributed by atoms with Gasteiger partial charge in [-0.2, -0.15) is 0 Å². The van der Waals surface area contributed by atoms with Crippen LogP contribution < -0.4 is 4.90 Å². The van der Waals surface area contributed by atoms with Gasteiger partial charge in [0.15, 0.2) is 0 Å². The lowest BCUT2D eigenvalue weighted by molar-refractivity contribution is 0.204. The Kier molecular flexibility index (Phi) is 3.96. The van der Waals surface area contributed by atoms with Gasteiger partial charge in [0.2, 0.25) is 0 Å². The summed E-state index contributed by atoms with van der Waals surface area (Å²) in [5.41, 5.74) is 0.813. The molecule has 0 bridgehead atoms. The van der Waals surface area contributed by atoms with Crippen LogP contribution in [-0.4, -0.2) is 36.3 Å². The molecule has 0 aliphatic heterocycles. The van der Waals surface area contributed by atoms with E-state index in [1.807, 2.05) is 0 Å². The molecule has 1 aliphatic carbocycles. The van der Waals surface area contributed by atoms with Gasteiger partial charge in [-0.15, -0.1) is 11.6 Å². The second-order valence-electron chi connectivity index (χ2n) is 3.92. The molecule has 0 unspecified atom stereocenters. The summed E-state index contributed by atoms with van der Waals surface area (Å²) in [5, 5.41) is 0. The van der Waals surface area contributed by atoms with Crippen molar-refractivity contribution in [2.45, 2.75) is 24.8 Å². The van der Waals surface area contributed by atoms with Gasteiger partial charge >= 0.3 is 0 Å². The zero-order valence-electron chi connectivity index (χ0n) is 9.40. The second-order valence-corrected chi connectivity index (χ2v) is 4.18. The summed E-state index contributed by atoms with van der Waals surface area (Å²) in [4.78, 5) is 10.9. The van der Waals surface area contributed by atoms with Crippen molar-refractivity contribution in [3.05, 3.63) is 18.1 Å². The number of anilines is 1. The van der Waals surface area contributed by atoms with E-state index in [4.69, 9.17) is 16.3 Å². The van der Waals surface area contributed by atoms with Crippen LogP contribution in [0, 0.1) is 0 Å². The molecule has 1 aromatic rings. The van der Waals surface area contributed by atoms with Gasteiger partial charge in [0.1, 0.15) is 5.82 Å². The van der Waals surface area contributed by atoms with Crippen LogP contribution in [0.2, 0.25) is 0 Å². The van der Waals surface area contributed by atoms with Gasteiger partial charge in [0.05, 0.1) is 30.6 Å². The number of nitrogens with zero attached hydrogens (tertiary/aromatic N) is 3. The van der Waals surface area contributed by atoms with Gasteiger partial charge in [-0.3, -0.25) is 4.98 Å². The molecule has 4 nitrogen and oxygen atoms in total. The van der Waals surface area contributed by atoms with E-state index < -0.39 is 0 Å². The van der Waals surface area contributed by atoms with Gasteiger partial charge in [-0.1, -0.05) is 0 Å². The van der Waals surface area contributed by atoms with Crippen molar-refractivity contribution >= 4 is 17.4 Å². The number of methoxy groups -OCH3 is 1. The fourth-order valence-electron chi connectivity index (χ4n) is 1.63. The Morgan fingerprint density at radius 1 is 1.44 bits per heavy atom. The molecule has 0 spiro atoms. The van der Waals surface area contributed by atoms with E-state index in [0.29, 0.717) is 11.9 Å². The molecule has 0 radical (unpaired) electrons. The minimum absolute atomic E-state index is 0.411. The van der Waals surface area contributed by atoms with Crippen LogP contribution >= 0.6 is 11.6 Å². The minimum atomic E-state index is 0.411. The average molecular weight is 242 g/mol. The van der Waals surface area contributed by atoms with E-state index >= 15 is 0 Å². The van der Waals surface area contributed by atoms with E-state index in [1.165, 1.54) is 12.8 Å². The number of rotatable bonds is 6. The quantitative estimate of drug-likeness (QED) is 0.713. The normalized spacial score (nSPS) is 15.1. The van der Waals surface area contributed by atoms with Crippen LogP contribution in [-0.2, 0) is 10.6 Å². The maximum atomic E-state index is 5.68. The fourth-order valence-corrected chi connectivity index (χ4v) is 1.76. The van der Waals surface area contributed by atoms with Crippen molar-refractivity contribution in [3.63, 3.8) is 0 Å². The Hall–Kier alpha value is -0.870. The van der Waals surface area contributed by atoms with Crippen LogP contribution in [0.5, 0.6) is 0 Å². The number of halogens is 1. The van der Waals surface area contributed by atoms with Gasteiger partial charge in [0.25, 0.3) is 0 Å². The summed E-state index contributed by atoms with van der Waals surface area (Å²) < 4.78 is 5.11. The van der Waals surface area contributed by atoms with E-state index in [-0.39, 0.29) is 0 Å². The topological polar surface area (TPSA) is 38.2 Å². The smallest absolute Gasteiger partial charge is 0.147 e. The first-order valence-electron chi connectivity index (χ1n) is 5.47. The molecule has 88 valence electrons. The third kappa shape index (κ3) is 2.83. The summed E-state index contributed by atoms with van der Waals surface area (Å²) in [5.74, 6) is 1.34. The number of hydrogen-bond donors (Lipinski definition) is 0. The predicted molar refractivity (Wildman–Crippen MR) is 63.8 cm³/mol. The lowest BCUT2D eigenvalue weighted by atomic mass is 10.4. The Morgan fingerprint density at radius 2 is 2.25 bits per heavy atom. The van der Waals surface area contributed by atoms with Crippen LogP contribution in [0.4, 0.5) is 5.82 Å². The summed E-state index contributed by atoms with van der Waals surface area (Å²) in [6.45, 7) is 1.59. The molecule has 0 N–H and O–H groups in total. The van der Waals surface area contributed by atoms with Gasteiger partial charge in [0, 0.05) is 19.7 Å². The monoisotopic (exact) mass is 241 g/mol. The maximum Gasteiger partial charge on any atom is 0.147 e. The molecule has 1 heterocycles. The first-order chi connectivity index (χ1) is 7.85. The maximum absolute atomic E-state index is 5.68. The summed E-state index contributed by atoms with van der Waals surface area (Å²) in [6, 6.07) is 0.617. The molecule has 0 saturated heterocycles. The predicted octanol–water partition coefficient (Wildman–Crippen LogP) is 1.83. The van der Waals surface area contributed by atoms with E-state index in [0.717, 1.165) is 24.7 Å². The number of aromatic nitrogens is 2.